The molecule has 0 saturated carbocycles. The van der Waals surface area contributed by atoms with Crippen molar-refractivity contribution in [2.24, 2.45) is 0 Å². The number of rotatable bonds is 10. The van der Waals surface area contributed by atoms with Crippen LogP contribution in [0, 0.1) is 0 Å². The van der Waals surface area contributed by atoms with Crippen molar-refractivity contribution >= 4 is 27.3 Å². The molecule has 3 nitrogen and oxygen atoms in total. The van der Waals surface area contributed by atoms with Gasteiger partial charge in [-0.1, -0.05) is 0 Å². The predicted molar refractivity (Wildman–Crippen MR) is 93.6 cm³/mol. The summed E-state index contributed by atoms with van der Waals surface area (Å²) < 4.78 is 1.21. The second-order valence-corrected chi connectivity index (χ2v) is 7.73. The van der Waals surface area contributed by atoms with Gasteiger partial charge in [0.05, 0.1) is 0 Å². The lowest BCUT2D eigenvalue weighted by Crippen LogP contribution is -2.29. The van der Waals surface area contributed by atoms with E-state index in [-0.39, 0.29) is 0 Å². The highest BCUT2D eigenvalue weighted by Crippen LogP contribution is 2.21. The van der Waals surface area contributed by atoms with E-state index in [1.54, 1.807) is 0 Å². The van der Waals surface area contributed by atoms with Crippen LogP contribution < -0.4 is 0 Å². The molecule has 0 bridgehead atoms. The summed E-state index contributed by atoms with van der Waals surface area (Å²) in [6.45, 7) is 5.77. The van der Waals surface area contributed by atoms with Crippen molar-refractivity contribution in [3.63, 3.8) is 0 Å². The minimum Gasteiger partial charge on any atom is -0.309 e. The fraction of sp³-hybridized carbons (Fsp3) is 0.733. The van der Waals surface area contributed by atoms with Gasteiger partial charge in [-0.3, -0.25) is 4.90 Å². The predicted octanol–water partition coefficient (Wildman–Crippen LogP) is 3.22. The maximum absolute atomic E-state index is 3.54. The summed E-state index contributed by atoms with van der Waals surface area (Å²) in [6.07, 6.45) is 2.48. The van der Waals surface area contributed by atoms with E-state index in [2.05, 4.69) is 70.3 Å². The lowest BCUT2D eigenvalue weighted by atomic mass is 10.3. The fourth-order valence-electron chi connectivity index (χ4n) is 2.15. The van der Waals surface area contributed by atoms with Crippen molar-refractivity contribution in [3.8, 4) is 0 Å². The minimum absolute atomic E-state index is 1.08. The smallest absolute Gasteiger partial charge is 0.0328 e. The number of halogens is 1. The highest BCUT2D eigenvalue weighted by Gasteiger charge is 2.08. The van der Waals surface area contributed by atoms with Crippen molar-refractivity contribution in [1.82, 2.24) is 14.7 Å². The molecular formula is C15H28BrN3S. The third kappa shape index (κ3) is 8.37. The van der Waals surface area contributed by atoms with Crippen LogP contribution in [0.15, 0.2) is 15.9 Å². The van der Waals surface area contributed by atoms with Gasteiger partial charge in [0, 0.05) is 21.3 Å². The molecule has 0 aliphatic rings. The molecule has 0 radical (unpaired) electrons. The normalized spacial score (nSPS) is 12.0. The lowest BCUT2D eigenvalue weighted by molar-refractivity contribution is 0.235. The molecular weight excluding hydrogens is 334 g/mol. The van der Waals surface area contributed by atoms with Crippen molar-refractivity contribution in [2.75, 3.05) is 54.4 Å². The van der Waals surface area contributed by atoms with Gasteiger partial charge in [-0.05, 0) is 89.2 Å². The molecule has 1 rings (SSSR count). The van der Waals surface area contributed by atoms with E-state index in [1.807, 2.05) is 11.3 Å². The Balaban J connectivity index is 2.40. The molecule has 0 atom stereocenters. The zero-order valence-electron chi connectivity index (χ0n) is 13.2. The first-order valence-electron chi connectivity index (χ1n) is 7.22. The van der Waals surface area contributed by atoms with E-state index in [9.17, 15) is 0 Å². The monoisotopic (exact) mass is 361 g/mol. The summed E-state index contributed by atoms with van der Waals surface area (Å²) >= 11 is 5.39. The van der Waals surface area contributed by atoms with Gasteiger partial charge in [0.1, 0.15) is 0 Å². The molecule has 0 unspecified atom stereocenters. The number of hydrogen-bond acceptors (Lipinski definition) is 4. The van der Waals surface area contributed by atoms with Crippen LogP contribution >= 0.6 is 27.3 Å². The SMILES string of the molecule is CN(C)CCCN(CCCN(C)C)Cc1cc(Br)cs1. The van der Waals surface area contributed by atoms with Gasteiger partial charge in [0.2, 0.25) is 0 Å². The second kappa shape index (κ2) is 9.90. The molecule has 0 fully saturated rings. The molecule has 0 saturated heterocycles. The molecule has 116 valence electrons. The molecule has 0 aliphatic carbocycles. The van der Waals surface area contributed by atoms with Crippen LogP contribution in [-0.2, 0) is 6.54 Å². The van der Waals surface area contributed by atoms with E-state index in [0.29, 0.717) is 0 Å². The molecule has 1 aromatic heterocycles. The van der Waals surface area contributed by atoms with Crippen LogP contribution in [-0.4, -0.2) is 69.1 Å². The topological polar surface area (TPSA) is 9.72 Å². The molecule has 0 amide bonds. The first kappa shape index (κ1) is 18.1. The van der Waals surface area contributed by atoms with Gasteiger partial charge in [0.25, 0.3) is 0 Å². The van der Waals surface area contributed by atoms with Crippen molar-refractivity contribution < 1.29 is 0 Å². The van der Waals surface area contributed by atoms with Gasteiger partial charge < -0.3 is 9.80 Å². The first-order valence-corrected chi connectivity index (χ1v) is 8.89. The number of thiophene rings is 1. The first-order chi connectivity index (χ1) is 9.47. The van der Waals surface area contributed by atoms with Crippen molar-refractivity contribution in [1.29, 1.82) is 0 Å². The van der Waals surface area contributed by atoms with Crippen LogP contribution in [0.5, 0.6) is 0 Å². The zero-order chi connectivity index (χ0) is 15.0. The average Bonchev–Trinajstić information content (AvgIpc) is 2.73. The third-order valence-corrected chi connectivity index (χ3v) is 4.84. The number of nitrogens with zero attached hydrogens (tertiary/aromatic N) is 3. The van der Waals surface area contributed by atoms with E-state index >= 15 is 0 Å². The highest BCUT2D eigenvalue weighted by atomic mass is 79.9. The summed E-state index contributed by atoms with van der Waals surface area (Å²) in [6, 6.07) is 2.25. The highest BCUT2D eigenvalue weighted by molar-refractivity contribution is 9.10. The summed E-state index contributed by atoms with van der Waals surface area (Å²) in [7, 11) is 8.58. The van der Waals surface area contributed by atoms with Gasteiger partial charge in [-0.2, -0.15) is 0 Å². The summed E-state index contributed by atoms with van der Waals surface area (Å²) in [5.41, 5.74) is 0. The fourth-order valence-corrected chi connectivity index (χ4v) is 3.64. The molecule has 1 aromatic rings. The van der Waals surface area contributed by atoms with Gasteiger partial charge in [-0.25, -0.2) is 0 Å². The maximum Gasteiger partial charge on any atom is 0.0328 e. The Labute approximate surface area is 136 Å². The number of hydrogen-bond donors (Lipinski definition) is 0. The Hall–Kier alpha value is 0.0600. The standard InChI is InChI=1S/C15H28BrN3S/c1-17(2)7-5-9-19(10-6-8-18(3)4)12-15-11-14(16)13-20-15/h11,13H,5-10,12H2,1-4H3. The second-order valence-electron chi connectivity index (χ2n) is 5.82. The summed E-state index contributed by atoms with van der Waals surface area (Å²) in [4.78, 5) is 8.57. The van der Waals surface area contributed by atoms with Gasteiger partial charge in [0.15, 0.2) is 0 Å². The minimum atomic E-state index is 1.08. The Kier molecular flexibility index (Phi) is 8.96. The molecule has 20 heavy (non-hydrogen) atoms. The molecule has 0 aliphatic heterocycles. The van der Waals surface area contributed by atoms with Crippen LogP contribution in [0.25, 0.3) is 0 Å². The average molecular weight is 362 g/mol. The van der Waals surface area contributed by atoms with Gasteiger partial charge in [-0.15, -0.1) is 11.3 Å². The zero-order valence-corrected chi connectivity index (χ0v) is 15.6. The Morgan fingerprint density at radius 3 is 1.90 bits per heavy atom. The molecule has 1 heterocycles. The summed E-state index contributed by atoms with van der Waals surface area (Å²) in [5.74, 6) is 0. The van der Waals surface area contributed by atoms with Crippen LogP contribution in [0.2, 0.25) is 0 Å². The molecule has 0 aromatic carbocycles. The third-order valence-electron chi connectivity index (χ3n) is 3.16. The molecule has 5 heteroatoms. The van der Waals surface area contributed by atoms with Gasteiger partial charge >= 0.3 is 0 Å². The lowest BCUT2D eigenvalue weighted by Gasteiger charge is -2.23. The van der Waals surface area contributed by atoms with E-state index in [0.717, 1.165) is 19.6 Å². The Bertz CT molecular complexity index is 352. The van der Waals surface area contributed by atoms with E-state index < -0.39 is 0 Å². The Morgan fingerprint density at radius 2 is 1.50 bits per heavy atom. The van der Waals surface area contributed by atoms with Crippen molar-refractivity contribution in [2.45, 2.75) is 19.4 Å². The summed E-state index contributed by atoms with van der Waals surface area (Å²) in [5, 5.41) is 2.17. The maximum atomic E-state index is 3.54. The molecule has 0 spiro atoms. The quantitative estimate of drug-likeness (QED) is 0.633. The van der Waals surface area contributed by atoms with Crippen LogP contribution in [0.1, 0.15) is 17.7 Å². The van der Waals surface area contributed by atoms with Crippen LogP contribution in [0.4, 0.5) is 0 Å². The van der Waals surface area contributed by atoms with E-state index in [4.69, 9.17) is 0 Å². The van der Waals surface area contributed by atoms with Crippen molar-refractivity contribution in [3.05, 3.63) is 20.8 Å². The van der Waals surface area contributed by atoms with Crippen LogP contribution in [0.3, 0.4) is 0 Å². The largest absolute Gasteiger partial charge is 0.309 e. The molecule has 0 N–H and O–H groups in total. The Morgan fingerprint density at radius 1 is 0.950 bits per heavy atom. The van der Waals surface area contributed by atoms with E-state index in [1.165, 1.54) is 35.3 Å².